The summed E-state index contributed by atoms with van der Waals surface area (Å²) in [5, 5.41) is 1.18. The van der Waals surface area contributed by atoms with Crippen molar-refractivity contribution in [1.82, 2.24) is 9.55 Å². The van der Waals surface area contributed by atoms with E-state index in [0.717, 1.165) is 15.7 Å². The van der Waals surface area contributed by atoms with E-state index in [9.17, 15) is 4.79 Å². The van der Waals surface area contributed by atoms with Crippen molar-refractivity contribution in [2.75, 3.05) is 7.11 Å². The van der Waals surface area contributed by atoms with E-state index < -0.39 is 0 Å². The Balaban J connectivity index is 1.88. The molecule has 0 aliphatic rings. The summed E-state index contributed by atoms with van der Waals surface area (Å²) in [6.45, 7) is 0.654. The van der Waals surface area contributed by atoms with Crippen LogP contribution in [0.4, 0.5) is 0 Å². The number of fused-ring (bicyclic) bond motifs is 1. The molecule has 0 saturated heterocycles. The van der Waals surface area contributed by atoms with Gasteiger partial charge in [-0.1, -0.05) is 22.0 Å². The first-order valence-electron chi connectivity index (χ1n) is 6.45. The number of ether oxygens (including phenoxy) is 1. The zero-order valence-electron chi connectivity index (χ0n) is 11.4. The van der Waals surface area contributed by atoms with Gasteiger partial charge in [-0.15, -0.1) is 0 Å². The Bertz CT molecular complexity index is 794. The molecule has 1 aromatic carbocycles. The third-order valence-electron chi connectivity index (χ3n) is 3.31. The van der Waals surface area contributed by atoms with Gasteiger partial charge in [0.2, 0.25) is 0 Å². The van der Waals surface area contributed by atoms with Crippen molar-refractivity contribution in [1.29, 1.82) is 0 Å². The van der Waals surface area contributed by atoms with E-state index in [0.29, 0.717) is 12.1 Å². The molecule has 5 heteroatoms. The van der Waals surface area contributed by atoms with Crippen molar-refractivity contribution >= 4 is 32.8 Å². The number of rotatable bonds is 3. The van der Waals surface area contributed by atoms with Crippen LogP contribution in [0.2, 0.25) is 0 Å². The van der Waals surface area contributed by atoms with Gasteiger partial charge in [-0.05, 0) is 35.7 Å². The highest BCUT2D eigenvalue weighted by molar-refractivity contribution is 9.10. The SMILES string of the molecule is COC(=O)c1ccc(Cn2ccc3ccc(Br)cc32)nc1. The molecule has 0 atom stereocenters. The summed E-state index contributed by atoms with van der Waals surface area (Å²) < 4.78 is 7.83. The Labute approximate surface area is 130 Å². The zero-order valence-corrected chi connectivity index (χ0v) is 13.0. The van der Waals surface area contributed by atoms with Crippen LogP contribution in [-0.2, 0) is 11.3 Å². The molecule has 21 heavy (non-hydrogen) atoms. The van der Waals surface area contributed by atoms with Gasteiger partial charge in [0.15, 0.2) is 0 Å². The minimum atomic E-state index is -0.371. The highest BCUT2D eigenvalue weighted by Crippen LogP contribution is 2.21. The summed E-state index contributed by atoms with van der Waals surface area (Å²) in [7, 11) is 1.36. The second-order valence-corrected chi connectivity index (χ2v) is 5.59. The maximum absolute atomic E-state index is 11.4. The van der Waals surface area contributed by atoms with Crippen LogP contribution in [0.3, 0.4) is 0 Å². The van der Waals surface area contributed by atoms with Crippen LogP contribution >= 0.6 is 15.9 Å². The lowest BCUT2D eigenvalue weighted by atomic mass is 10.2. The Morgan fingerprint density at radius 2 is 2.14 bits per heavy atom. The number of aromatic nitrogens is 2. The number of hydrogen-bond donors (Lipinski definition) is 0. The average molecular weight is 345 g/mol. The van der Waals surface area contributed by atoms with Gasteiger partial charge in [0.25, 0.3) is 0 Å². The molecule has 0 amide bonds. The summed E-state index contributed by atoms with van der Waals surface area (Å²) in [6, 6.07) is 11.8. The Morgan fingerprint density at radius 3 is 2.86 bits per heavy atom. The molecule has 0 aliphatic carbocycles. The van der Waals surface area contributed by atoms with Crippen LogP contribution in [0.25, 0.3) is 10.9 Å². The summed E-state index contributed by atoms with van der Waals surface area (Å²) >= 11 is 3.49. The largest absolute Gasteiger partial charge is 0.465 e. The van der Waals surface area contributed by atoms with Gasteiger partial charge in [0, 0.05) is 22.4 Å². The van der Waals surface area contributed by atoms with Crippen molar-refractivity contribution in [2.45, 2.75) is 6.54 Å². The van der Waals surface area contributed by atoms with Gasteiger partial charge in [0.05, 0.1) is 24.9 Å². The summed E-state index contributed by atoms with van der Waals surface area (Å²) in [5.74, 6) is -0.371. The number of carbonyl (C=O) groups is 1. The molecular formula is C16H13BrN2O2. The highest BCUT2D eigenvalue weighted by Gasteiger charge is 2.07. The van der Waals surface area contributed by atoms with Gasteiger partial charge >= 0.3 is 5.97 Å². The summed E-state index contributed by atoms with van der Waals surface area (Å²) in [6.07, 6.45) is 3.58. The minimum absolute atomic E-state index is 0.371. The Morgan fingerprint density at radius 1 is 1.29 bits per heavy atom. The van der Waals surface area contributed by atoms with E-state index >= 15 is 0 Å². The quantitative estimate of drug-likeness (QED) is 0.681. The molecule has 0 fully saturated rings. The molecule has 0 saturated carbocycles. The fraction of sp³-hybridized carbons (Fsp3) is 0.125. The number of halogens is 1. The molecule has 0 radical (unpaired) electrons. The standard InChI is InChI=1S/C16H13BrN2O2/c1-21-16(20)12-3-5-14(18-9-12)10-19-7-6-11-2-4-13(17)8-15(11)19/h2-9H,10H2,1H3. The normalized spacial score (nSPS) is 10.8. The lowest BCUT2D eigenvalue weighted by Crippen LogP contribution is -2.04. The molecule has 2 aromatic heterocycles. The third kappa shape index (κ3) is 2.83. The van der Waals surface area contributed by atoms with E-state index in [1.165, 1.54) is 12.5 Å². The number of methoxy groups -OCH3 is 1. The van der Waals surface area contributed by atoms with Crippen molar-refractivity contribution in [3.8, 4) is 0 Å². The molecule has 0 spiro atoms. The van der Waals surface area contributed by atoms with E-state index in [4.69, 9.17) is 0 Å². The topological polar surface area (TPSA) is 44.1 Å². The first-order valence-corrected chi connectivity index (χ1v) is 7.24. The molecular weight excluding hydrogens is 332 g/mol. The third-order valence-corrected chi connectivity index (χ3v) is 3.81. The van der Waals surface area contributed by atoms with E-state index in [1.807, 2.05) is 18.3 Å². The molecule has 2 heterocycles. The van der Waals surface area contributed by atoms with Gasteiger partial charge in [-0.3, -0.25) is 4.98 Å². The van der Waals surface area contributed by atoms with E-state index in [1.54, 1.807) is 12.3 Å². The molecule has 106 valence electrons. The maximum Gasteiger partial charge on any atom is 0.339 e. The van der Waals surface area contributed by atoms with Gasteiger partial charge in [-0.25, -0.2) is 4.79 Å². The summed E-state index contributed by atoms with van der Waals surface area (Å²) in [5.41, 5.74) is 2.49. The fourth-order valence-corrected chi connectivity index (χ4v) is 2.58. The van der Waals surface area contributed by atoms with Crippen molar-refractivity contribution < 1.29 is 9.53 Å². The summed E-state index contributed by atoms with van der Waals surface area (Å²) in [4.78, 5) is 15.7. The molecule has 4 nitrogen and oxygen atoms in total. The number of pyridine rings is 1. The van der Waals surface area contributed by atoms with E-state index in [2.05, 4.69) is 48.4 Å². The second kappa shape index (κ2) is 5.69. The van der Waals surface area contributed by atoms with Crippen molar-refractivity contribution in [2.24, 2.45) is 0 Å². The van der Waals surface area contributed by atoms with Gasteiger partial charge in [-0.2, -0.15) is 0 Å². The highest BCUT2D eigenvalue weighted by atomic mass is 79.9. The Hall–Kier alpha value is -2.14. The number of nitrogens with zero attached hydrogens (tertiary/aromatic N) is 2. The average Bonchev–Trinajstić information content (AvgIpc) is 2.89. The van der Waals surface area contributed by atoms with Crippen LogP contribution in [0, 0.1) is 0 Å². The van der Waals surface area contributed by atoms with Crippen LogP contribution in [0.5, 0.6) is 0 Å². The Kier molecular flexibility index (Phi) is 3.75. The van der Waals surface area contributed by atoms with Gasteiger partial charge in [0.1, 0.15) is 0 Å². The van der Waals surface area contributed by atoms with Crippen LogP contribution < -0.4 is 0 Å². The lowest BCUT2D eigenvalue weighted by Gasteiger charge is -2.06. The molecule has 0 N–H and O–H groups in total. The number of hydrogen-bond acceptors (Lipinski definition) is 3. The van der Waals surface area contributed by atoms with Crippen LogP contribution in [0.15, 0.2) is 53.3 Å². The number of esters is 1. The lowest BCUT2D eigenvalue weighted by molar-refractivity contribution is 0.0600. The van der Waals surface area contributed by atoms with Crippen LogP contribution in [0.1, 0.15) is 16.1 Å². The smallest absolute Gasteiger partial charge is 0.339 e. The number of carbonyl (C=O) groups excluding carboxylic acids is 1. The monoisotopic (exact) mass is 344 g/mol. The molecule has 0 bridgehead atoms. The van der Waals surface area contributed by atoms with Crippen molar-refractivity contribution in [3.05, 3.63) is 64.5 Å². The van der Waals surface area contributed by atoms with Crippen LogP contribution in [-0.4, -0.2) is 22.6 Å². The fourth-order valence-electron chi connectivity index (χ4n) is 2.23. The van der Waals surface area contributed by atoms with Crippen molar-refractivity contribution in [3.63, 3.8) is 0 Å². The van der Waals surface area contributed by atoms with Gasteiger partial charge < -0.3 is 9.30 Å². The first-order chi connectivity index (χ1) is 10.2. The zero-order chi connectivity index (χ0) is 14.8. The molecule has 3 aromatic rings. The molecule has 3 rings (SSSR count). The van der Waals surface area contributed by atoms with E-state index in [-0.39, 0.29) is 5.97 Å². The minimum Gasteiger partial charge on any atom is -0.465 e. The second-order valence-electron chi connectivity index (χ2n) is 4.68. The predicted molar refractivity (Wildman–Crippen MR) is 84.3 cm³/mol. The predicted octanol–water partition coefficient (Wildman–Crippen LogP) is 3.63. The number of benzene rings is 1. The maximum atomic E-state index is 11.4. The first kappa shape index (κ1) is 13.8. The molecule has 0 unspecified atom stereocenters. The molecule has 0 aliphatic heterocycles.